The number of fused-ring (bicyclic) bond motifs is 4. The third-order valence-corrected chi connectivity index (χ3v) is 5.45. The summed E-state index contributed by atoms with van der Waals surface area (Å²) in [5.41, 5.74) is 2.37. The fourth-order valence-corrected chi connectivity index (χ4v) is 4.34. The molecule has 1 N–H and O–H groups in total. The van der Waals surface area contributed by atoms with E-state index in [4.69, 9.17) is 0 Å². The molecule has 1 heteroatoms. The molecule has 1 nitrogen and oxygen atoms in total. The van der Waals surface area contributed by atoms with Crippen LogP contribution in [0.5, 0.6) is 5.75 Å². The third kappa shape index (κ3) is 1.58. The van der Waals surface area contributed by atoms with Gasteiger partial charge in [-0.2, -0.15) is 0 Å². The lowest BCUT2D eigenvalue weighted by Gasteiger charge is -2.19. The molecule has 0 aromatic heterocycles. The quantitative estimate of drug-likeness (QED) is 0.341. The standard InChI is InChI=1S/C24H14O/c25-21-12-17-10-11-18(21)24-20(14-4-2-1-3-5-14)13-19-15-6-8-16(9-7-15)22(19)23(17)24/h1-13,25H. The normalized spacial score (nSPS) is 12.2. The lowest BCUT2D eigenvalue weighted by atomic mass is 9.85. The van der Waals surface area contributed by atoms with E-state index in [1.54, 1.807) is 0 Å². The van der Waals surface area contributed by atoms with Crippen LogP contribution in [0, 0.1) is 0 Å². The molecule has 0 saturated heterocycles. The minimum absolute atomic E-state index is 0.367. The lowest BCUT2D eigenvalue weighted by Crippen LogP contribution is -1.91. The Balaban J connectivity index is 1.98. The van der Waals surface area contributed by atoms with Gasteiger partial charge in [0, 0.05) is 10.8 Å². The maximum Gasteiger partial charge on any atom is 0.124 e. The summed E-state index contributed by atoms with van der Waals surface area (Å²) in [5.74, 6) is 0.367. The fourth-order valence-electron chi connectivity index (χ4n) is 4.34. The summed E-state index contributed by atoms with van der Waals surface area (Å²) in [6.07, 6.45) is 0. The third-order valence-electron chi connectivity index (χ3n) is 5.45. The molecular weight excluding hydrogens is 304 g/mol. The molecule has 8 aromatic carbocycles. The second-order valence-corrected chi connectivity index (χ2v) is 6.77. The Labute approximate surface area is 144 Å². The summed E-state index contributed by atoms with van der Waals surface area (Å²) in [6.45, 7) is 0. The fraction of sp³-hybridized carbons (Fsp3) is 0. The summed E-state index contributed by atoms with van der Waals surface area (Å²) in [6, 6.07) is 27.6. The number of phenolic OH excluding ortho intramolecular Hbond substituents is 1. The van der Waals surface area contributed by atoms with E-state index in [-0.39, 0.29) is 0 Å². The van der Waals surface area contributed by atoms with E-state index in [0.29, 0.717) is 5.75 Å². The molecule has 0 unspecified atom stereocenters. The second kappa shape index (κ2) is 4.40. The molecular formula is C24H14O. The molecule has 0 aliphatic heterocycles. The van der Waals surface area contributed by atoms with Crippen molar-refractivity contribution in [2.75, 3.05) is 0 Å². The molecule has 0 aliphatic rings. The van der Waals surface area contributed by atoms with E-state index in [1.807, 2.05) is 18.2 Å². The van der Waals surface area contributed by atoms with E-state index in [9.17, 15) is 5.11 Å². The lowest BCUT2D eigenvalue weighted by molar-refractivity contribution is 0.482. The Hall–Kier alpha value is -3.32. The van der Waals surface area contributed by atoms with Crippen LogP contribution in [-0.4, -0.2) is 5.11 Å². The highest BCUT2D eigenvalue weighted by atomic mass is 16.3. The Morgan fingerprint density at radius 3 is 2.00 bits per heavy atom. The molecule has 0 atom stereocenters. The van der Waals surface area contributed by atoms with Gasteiger partial charge >= 0.3 is 0 Å². The van der Waals surface area contributed by atoms with E-state index in [1.165, 1.54) is 38.1 Å². The topological polar surface area (TPSA) is 20.2 Å². The molecule has 0 saturated carbocycles. The van der Waals surface area contributed by atoms with Crippen molar-refractivity contribution in [3.8, 4) is 16.9 Å². The highest BCUT2D eigenvalue weighted by Crippen LogP contribution is 2.46. The summed E-state index contributed by atoms with van der Waals surface area (Å²) >= 11 is 0. The van der Waals surface area contributed by atoms with Gasteiger partial charge in [-0.15, -0.1) is 0 Å². The average molecular weight is 318 g/mol. The van der Waals surface area contributed by atoms with Crippen molar-refractivity contribution < 1.29 is 5.11 Å². The van der Waals surface area contributed by atoms with Crippen LogP contribution in [0.25, 0.3) is 54.2 Å². The molecule has 8 rings (SSSR count). The zero-order valence-corrected chi connectivity index (χ0v) is 13.5. The van der Waals surface area contributed by atoms with Gasteiger partial charge in [-0.25, -0.2) is 0 Å². The summed E-state index contributed by atoms with van der Waals surface area (Å²) in [5, 5.41) is 20.0. The van der Waals surface area contributed by atoms with Crippen LogP contribution < -0.4 is 0 Å². The molecule has 0 heterocycles. The van der Waals surface area contributed by atoms with Gasteiger partial charge in [-0.3, -0.25) is 0 Å². The van der Waals surface area contributed by atoms with Crippen LogP contribution in [0.1, 0.15) is 0 Å². The first kappa shape index (κ1) is 13.0. The van der Waals surface area contributed by atoms with Crippen molar-refractivity contribution in [1.29, 1.82) is 0 Å². The highest BCUT2D eigenvalue weighted by molar-refractivity contribution is 6.33. The van der Waals surface area contributed by atoms with Gasteiger partial charge in [0.05, 0.1) is 0 Å². The van der Waals surface area contributed by atoms with Crippen molar-refractivity contribution in [1.82, 2.24) is 0 Å². The highest BCUT2D eigenvalue weighted by Gasteiger charge is 2.18. The van der Waals surface area contributed by atoms with Crippen molar-refractivity contribution >= 4 is 43.1 Å². The van der Waals surface area contributed by atoms with Gasteiger partial charge in [-0.1, -0.05) is 60.7 Å². The zero-order chi connectivity index (χ0) is 16.5. The van der Waals surface area contributed by atoms with Crippen molar-refractivity contribution in [2.45, 2.75) is 0 Å². The Kier molecular flexibility index (Phi) is 2.29. The number of aromatic hydroxyl groups is 1. The first-order valence-corrected chi connectivity index (χ1v) is 8.52. The van der Waals surface area contributed by atoms with Crippen molar-refractivity contribution in [3.05, 3.63) is 78.9 Å². The van der Waals surface area contributed by atoms with Gasteiger partial charge < -0.3 is 5.11 Å². The molecule has 4 bridgehead atoms. The average Bonchev–Trinajstić information content (AvgIpc) is 2.69. The van der Waals surface area contributed by atoms with E-state index in [0.717, 1.165) is 16.2 Å². The van der Waals surface area contributed by atoms with Crippen LogP contribution in [0.15, 0.2) is 78.9 Å². The number of phenols is 2. The molecule has 116 valence electrons. The molecule has 0 amide bonds. The first-order valence-electron chi connectivity index (χ1n) is 8.52. The van der Waals surface area contributed by atoms with E-state index >= 15 is 0 Å². The summed E-state index contributed by atoms with van der Waals surface area (Å²) < 4.78 is 0. The first-order chi connectivity index (χ1) is 12.3. The molecule has 0 aliphatic carbocycles. The van der Waals surface area contributed by atoms with E-state index < -0.39 is 0 Å². The van der Waals surface area contributed by atoms with Crippen molar-refractivity contribution in [3.63, 3.8) is 0 Å². The monoisotopic (exact) mass is 318 g/mol. The molecule has 0 spiro atoms. The SMILES string of the molecule is Oc1cc2ccc1c1c(-c3ccccc3)cc3c4ccc(cc4)c3c21. The molecule has 25 heavy (non-hydrogen) atoms. The summed E-state index contributed by atoms with van der Waals surface area (Å²) in [4.78, 5) is 0. The van der Waals surface area contributed by atoms with Crippen LogP contribution in [0.4, 0.5) is 0 Å². The maximum atomic E-state index is 10.5. The van der Waals surface area contributed by atoms with Crippen LogP contribution >= 0.6 is 0 Å². The van der Waals surface area contributed by atoms with Gasteiger partial charge in [0.25, 0.3) is 0 Å². The number of hydrogen-bond donors (Lipinski definition) is 1. The number of rotatable bonds is 1. The second-order valence-electron chi connectivity index (χ2n) is 6.77. The predicted octanol–water partition coefficient (Wildman–Crippen LogP) is 6.55. The minimum atomic E-state index is 0.367. The Morgan fingerprint density at radius 1 is 0.520 bits per heavy atom. The zero-order valence-electron chi connectivity index (χ0n) is 13.5. The van der Waals surface area contributed by atoms with Gasteiger partial charge in [0.2, 0.25) is 0 Å². The van der Waals surface area contributed by atoms with Gasteiger partial charge in [-0.05, 0) is 61.6 Å². The largest absolute Gasteiger partial charge is 0.507 e. The number of benzene rings is 8. The molecule has 8 aromatic rings. The smallest absolute Gasteiger partial charge is 0.124 e. The molecule has 0 fully saturated rings. The van der Waals surface area contributed by atoms with Crippen molar-refractivity contribution in [2.24, 2.45) is 0 Å². The van der Waals surface area contributed by atoms with Crippen LogP contribution in [-0.2, 0) is 0 Å². The summed E-state index contributed by atoms with van der Waals surface area (Å²) in [7, 11) is 0. The molecule has 0 radical (unpaired) electrons. The predicted molar refractivity (Wildman–Crippen MR) is 106 cm³/mol. The van der Waals surface area contributed by atoms with Gasteiger partial charge in [0.1, 0.15) is 5.75 Å². The van der Waals surface area contributed by atoms with Gasteiger partial charge in [0.15, 0.2) is 0 Å². The Bertz CT molecular complexity index is 1360. The van der Waals surface area contributed by atoms with Crippen LogP contribution in [0.2, 0.25) is 0 Å². The maximum absolute atomic E-state index is 10.5. The number of hydrogen-bond acceptors (Lipinski definition) is 1. The minimum Gasteiger partial charge on any atom is -0.507 e. The van der Waals surface area contributed by atoms with Crippen LogP contribution in [0.3, 0.4) is 0 Å². The Morgan fingerprint density at radius 2 is 1.24 bits per heavy atom. The van der Waals surface area contributed by atoms with E-state index in [2.05, 4.69) is 60.7 Å².